The van der Waals surface area contributed by atoms with Crippen molar-refractivity contribution in [1.29, 1.82) is 0 Å². The molecule has 2 aromatic carbocycles. The molecule has 0 aliphatic carbocycles. The number of methoxy groups -OCH3 is 1. The lowest BCUT2D eigenvalue weighted by Crippen LogP contribution is -2.74. The molecule has 1 N–H and O–H groups in total. The zero-order chi connectivity index (χ0) is 25.8. The van der Waals surface area contributed by atoms with Crippen molar-refractivity contribution >= 4 is 40.8 Å². The Bertz CT molecular complexity index is 1250. The average molecular weight is 492 g/mol. The Morgan fingerprint density at radius 1 is 1.00 bits per heavy atom. The topological polar surface area (TPSA) is 102 Å². The van der Waals surface area contributed by atoms with Crippen molar-refractivity contribution in [3.05, 3.63) is 48.0 Å². The Kier molecular flexibility index (Phi) is 5.61. The summed E-state index contributed by atoms with van der Waals surface area (Å²) in [4.78, 5) is 58.4. The van der Waals surface area contributed by atoms with E-state index in [0.717, 1.165) is 26.7 Å². The highest BCUT2D eigenvalue weighted by molar-refractivity contribution is 6.20. The number of rotatable bonds is 3. The molecule has 1 atom stereocenters. The van der Waals surface area contributed by atoms with Crippen molar-refractivity contribution < 1.29 is 23.9 Å². The molecular formula is C26H29N5O5. The first-order chi connectivity index (χ1) is 17.2. The second-order valence-corrected chi connectivity index (χ2v) is 9.51. The van der Waals surface area contributed by atoms with Crippen LogP contribution in [0.5, 0.6) is 5.75 Å². The van der Waals surface area contributed by atoms with E-state index in [0.29, 0.717) is 31.1 Å². The van der Waals surface area contributed by atoms with Gasteiger partial charge in [-0.2, -0.15) is 0 Å². The molecule has 2 fully saturated rings. The number of hydrogen-bond donors (Lipinski definition) is 1. The lowest BCUT2D eigenvalue weighted by atomic mass is 9.67. The van der Waals surface area contributed by atoms with Crippen molar-refractivity contribution in [1.82, 2.24) is 9.80 Å². The monoisotopic (exact) mass is 491 g/mol. The fourth-order valence-electron chi connectivity index (χ4n) is 5.83. The first-order valence-electron chi connectivity index (χ1n) is 11.8. The molecule has 188 valence electrons. The minimum atomic E-state index is -1.50. The highest BCUT2D eigenvalue weighted by Gasteiger charge is 2.64. The molecule has 2 aromatic rings. The zero-order valence-electron chi connectivity index (χ0n) is 20.8. The van der Waals surface area contributed by atoms with Crippen LogP contribution in [0.15, 0.2) is 42.5 Å². The summed E-state index contributed by atoms with van der Waals surface area (Å²) in [6, 6.07) is 12.1. The number of imide groups is 2. The van der Waals surface area contributed by atoms with Crippen LogP contribution >= 0.6 is 0 Å². The van der Waals surface area contributed by atoms with E-state index >= 15 is 0 Å². The zero-order valence-corrected chi connectivity index (χ0v) is 20.8. The molecule has 5 rings (SSSR count). The van der Waals surface area contributed by atoms with Gasteiger partial charge < -0.3 is 19.9 Å². The fourth-order valence-corrected chi connectivity index (χ4v) is 5.83. The first-order valence-corrected chi connectivity index (χ1v) is 11.8. The van der Waals surface area contributed by atoms with E-state index in [4.69, 9.17) is 4.74 Å². The standard InChI is InChI=1S/C26H29N5O5/c1-16(32)27-18-9-10-19-17(13-18)14-26(23(33)28(2)25(35)29(3)24(26)34)22-15-30(11-12-31(19)22)20-7-5-6-8-21(20)36-4/h5-10,13,22H,11-12,14-15H2,1-4H3,(H,27,32)/t22-/m1/s1. The number of amides is 5. The van der Waals surface area contributed by atoms with Gasteiger partial charge in [-0.25, -0.2) is 4.79 Å². The van der Waals surface area contributed by atoms with E-state index in [1.165, 1.54) is 21.0 Å². The quantitative estimate of drug-likeness (QED) is 0.655. The third kappa shape index (κ3) is 3.39. The SMILES string of the molecule is COc1ccccc1N1CCN2c3ccc(NC(C)=O)cc3CC3(C(=O)N(C)C(=O)N(C)C3=O)[C@H]2C1. The molecule has 10 nitrogen and oxygen atoms in total. The number of carbonyl (C=O) groups excluding carboxylic acids is 4. The van der Waals surface area contributed by atoms with Gasteiger partial charge in [-0.3, -0.25) is 24.2 Å². The van der Waals surface area contributed by atoms with Gasteiger partial charge >= 0.3 is 6.03 Å². The number of piperazine rings is 1. The van der Waals surface area contributed by atoms with Crippen LogP contribution in [0.2, 0.25) is 0 Å². The first kappa shape index (κ1) is 23.7. The molecule has 2 saturated heterocycles. The van der Waals surface area contributed by atoms with Gasteiger partial charge in [0.05, 0.1) is 18.8 Å². The molecule has 36 heavy (non-hydrogen) atoms. The Labute approximate surface area is 209 Å². The molecule has 10 heteroatoms. The van der Waals surface area contributed by atoms with Gasteiger partial charge in [0.15, 0.2) is 5.41 Å². The van der Waals surface area contributed by atoms with Crippen molar-refractivity contribution in [2.24, 2.45) is 5.41 Å². The maximum Gasteiger partial charge on any atom is 0.332 e. The van der Waals surface area contributed by atoms with Gasteiger partial charge in [0, 0.05) is 52.0 Å². The van der Waals surface area contributed by atoms with Crippen molar-refractivity contribution in [3.8, 4) is 5.75 Å². The van der Waals surface area contributed by atoms with Gasteiger partial charge in [-0.1, -0.05) is 12.1 Å². The summed E-state index contributed by atoms with van der Waals surface area (Å²) in [6.07, 6.45) is 0.121. The lowest BCUT2D eigenvalue weighted by Gasteiger charge is -2.56. The maximum atomic E-state index is 13.9. The number of carbonyl (C=O) groups is 4. The molecule has 1 spiro atoms. The van der Waals surface area contributed by atoms with E-state index < -0.39 is 29.3 Å². The van der Waals surface area contributed by atoms with Gasteiger partial charge in [0.2, 0.25) is 17.7 Å². The van der Waals surface area contributed by atoms with E-state index in [1.54, 1.807) is 7.11 Å². The molecule has 3 heterocycles. The van der Waals surface area contributed by atoms with Crippen LogP contribution < -0.4 is 19.9 Å². The molecule has 3 aliphatic heterocycles. The lowest BCUT2D eigenvalue weighted by molar-refractivity contribution is -0.159. The van der Waals surface area contributed by atoms with Crippen LogP contribution in [0.1, 0.15) is 12.5 Å². The van der Waals surface area contributed by atoms with Gasteiger partial charge in [0.25, 0.3) is 0 Å². The third-order valence-corrected chi connectivity index (χ3v) is 7.50. The predicted octanol–water partition coefficient (Wildman–Crippen LogP) is 1.94. The number of fused-ring (bicyclic) bond motifs is 4. The van der Waals surface area contributed by atoms with E-state index in [9.17, 15) is 19.2 Å². The van der Waals surface area contributed by atoms with Crippen molar-refractivity contribution in [3.63, 3.8) is 0 Å². The highest BCUT2D eigenvalue weighted by Crippen LogP contribution is 2.48. The number of anilines is 3. The summed E-state index contributed by atoms with van der Waals surface area (Å²) in [7, 11) is 4.46. The summed E-state index contributed by atoms with van der Waals surface area (Å²) in [6.45, 7) is 3.02. The number of hydrogen-bond acceptors (Lipinski definition) is 7. The number of barbiturate groups is 1. The van der Waals surface area contributed by atoms with Gasteiger partial charge in [-0.05, 0) is 42.3 Å². The Hall–Kier alpha value is -4.08. The fraction of sp³-hybridized carbons (Fsp3) is 0.385. The van der Waals surface area contributed by atoms with Crippen molar-refractivity contribution in [2.75, 3.05) is 56.0 Å². The Morgan fingerprint density at radius 3 is 2.36 bits per heavy atom. The largest absolute Gasteiger partial charge is 0.495 e. The second-order valence-electron chi connectivity index (χ2n) is 9.51. The molecular weight excluding hydrogens is 462 g/mol. The highest BCUT2D eigenvalue weighted by atomic mass is 16.5. The molecule has 0 radical (unpaired) electrons. The summed E-state index contributed by atoms with van der Waals surface area (Å²) in [5, 5.41) is 2.78. The summed E-state index contributed by atoms with van der Waals surface area (Å²) >= 11 is 0. The normalized spacial score (nSPS) is 20.9. The van der Waals surface area contributed by atoms with E-state index in [1.807, 2.05) is 42.5 Å². The van der Waals surface area contributed by atoms with Crippen LogP contribution in [-0.2, 0) is 20.8 Å². The molecule has 0 bridgehead atoms. The van der Waals surface area contributed by atoms with Crippen LogP contribution in [0, 0.1) is 5.41 Å². The third-order valence-electron chi connectivity index (χ3n) is 7.50. The predicted molar refractivity (Wildman–Crippen MR) is 134 cm³/mol. The number of urea groups is 1. The van der Waals surface area contributed by atoms with E-state index in [-0.39, 0.29) is 12.3 Å². The van der Waals surface area contributed by atoms with Crippen LogP contribution in [0.4, 0.5) is 21.9 Å². The summed E-state index contributed by atoms with van der Waals surface area (Å²) in [5.41, 5.74) is 1.68. The van der Waals surface area contributed by atoms with Crippen LogP contribution in [0.3, 0.4) is 0 Å². The van der Waals surface area contributed by atoms with Crippen LogP contribution in [-0.4, -0.2) is 80.4 Å². The number of ether oxygens (including phenoxy) is 1. The maximum absolute atomic E-state index is 13.9. The number of nitrogens with one attached hydrogen (secondary N) is 1. The molecule has 0 unspecified atom stereocenters. The Balaban J connectivity index is 1.65. The second kappa shape index (κ2) is 8.54. The smallest absolute Gasteiger partial charge is 0.332 e. The number of benzene rings is 2. The van der Waals surface area contributed by atoms with Crippen LogP contribution in [0.25, 0.3) is 0 Å². The molecule has 3 aliphatic rings. The van der Waals surface area contributed by atoms with Gasteiger partial charge in [-0.15, -0.1) is 0 Å². The summed E-state index contributed by atoms with van der Waals surface area (Å²) in [5.74, 6) is -0.522. The molecule has 5 amide bonds. The molecule has 0 aromatic heterocycles. The van der Waals surface area contributed by atoms with Crippen molar-refractivity contribution in [2.45, 2.75) is 19.4 Å². The van der Waals surface area contributed by atoms with E-state index in [2.05, 4.69) is 15.1 Å². The Morgan fingerprint density at radius 2 is 1.69 bits per heavy atom. The number of para-hydroxylation sites is 2. The summed E-state index contributed by atoms with van der Waals surface area (Å²) < 4.78 is 5.58. The average Bonchev–Trinajstić information content (AvgIpc) is 2.88. The minimum absolute atomic E-state index is 0.121. The molecule has 0 saturated carbocycles. The van der Waals surface area contributed by atoms with Gasteiger partial charge in [0.1, 0.15) is 5.75 Å². The number of nitrogens with zero attached hydrogens (tertiary/aromatic N) is 4. The minimum Gasteiger partial charge on any atom is -0.495 e.